The van der Waals surface area contributed by atoms with Gasteiger partial charge in [-0.25, -0.2) is 4.79 Å². The minimum atomic E-state index is -1.22. The van der Waals surface area contributed by atoms with E-state index in [4.69, 9.17) is 9.47 Å². The molecule has 2 aromatic carbocycles. The van der Waals surface area contributed by atoms with Crippen molar-refractivity contribution in [3.8, 4) is 5.75 Å². The Hall–Kier alpha value is -3.60. The quantitative estimate of drug-likeness (QED) is 0.239. The highest BCUT2D eigenvalue weighted by molar-refractivity contribution is 7.80. The van der Waals surface area contributed by atoms with Crippen LogP contribution in [0, 0.1) is 10.1 Å². The Bertz CT molecular complexity index is 1130. The summed E-state index contributed by atoms with van der Waals surface area (Å²) in [6, 6.07) is 9.07. The van der Waals surface area contributed by atoms with E-state index in [9.17, 15) is 24.5 Å². The SMILES string of the molecule is COc1ccc(C(C(=O)OC(C)(C)C)N2C(=O)[C@H](CS)NC(=O)[C@@H]2Cc2ccc([N+](=O)[O-])cc2)cc1. The number of nitrogens with zero attached hydrogens (tertiary/aromatic N) is 2. The summed E-state index contributed by atoms with van der Waals surface area (Å²) in [4.78, 5) is 52.1. The highest BCUT2D eigenvalue weighted by atomic mass is 32.1. The average molecular weight is 516 g/mol. The zero-order valence-corrected chi connectivity index (χ0v) is 21.4. The number of amides is 2. The first-order chi connectivity index (χ1) is 16.9. The van der Waals surface area contributed by atoms with Gasteiger partial charge >= 0.3 is 5.97 Å². The number of carbonyl (C=O) groups is 3. The van der Waals surface area contributed by atoms with E-state index >= 15 is 0 Å². The number of methoxy groups -OCH3 is 1. The average Bonchev–Trinajstić information content (AvgIpc) is 2.82. The van der Waals surface area contributed by atoms with Gasteiger partial charge in [0, 0.05) is 24.3 Å². The number of esters is 1. The molecular weight excluding hydrogens is 486 g/mol. The number of rotatable bonds is 8. The maximum absolute atomic E-state index is 13.6. The molecule has 36 heavy (non-hydrogen) atoms. The zero-order chi connectivity index (χ0) is 26.6. The summed E-state index contributed by atoms with van der Waals surface area (Å²) < 4.78 is 10.9. The van der Waals surface area contributed by atoms with Gasteiger partial charge in [-0.1, -0.05) is 24.3 Å². The van der Waals surface area contributed by atoms with E-state index in [0.717, 1.165) is 0 Å². The number of carbonyl (C=O) groups excluding carboxylic acids is 3. The summed E-state index contributed by atoms with van der Waals surface area (Å²) in [7, 11) is 1.51. The molecule has 2 amide bonds. The monoisotopic (exact) mass is 515 g/mol. The number of hydrogen-bond donors (Lipinski definition) is 2. The summed E-state index contributed by atoms with van der Waals surface area (Å²) in [6.45, 7) is 5.14. The standard InChI is InChI=1S/C25H29N3O7S/c1-25(2,3)35-24(31)21(16-7-11-18(34-4)12-8-16)27-20(22(29)26-19(14-36)23(27)30)13-15-5-9-17(10-6-15)28(32)33/h5-12,19-21,36H,13-14H2,1-4H3,(H,26,29)/t19-,20-,21?/m0/s1. The maximum Gasteiger partial charge on any atom is 0.334 e. The van der Waals surface area contributed by atoms with Gasteiger partial charge in [-0.2, -0.15) is 12.6 Å². The molecule has 1 unspecified atom stereocenters. The predicted octanol–water partition coefficient (Wildman–Crippen LogP) is 2.85. The van der Waals surface area contributed by atoms with E-state index in [-0.39, 0.29) is 17.9 Å². The number of benzene rings is 2. The number of non-ortho nitro benzene ring substituents is 1. The van der Waals surface area contributed by atoms with Gasteiger partial charge in [0.05, 0.1) is 12.0 Å². The Labute approximate surface area is 214 Å². The third kappa shape index (κ3) is 6.14. The lowest BCUT2D eigenvalue weighted by atomic mass is 9.94. The fourth-order valence-corrected chi connectivity index (χ4v) is 4.19. The lowest BCUT2D eigenvalue weighted by molar-refractivity contribution is -0.384. The highest BCUT2D eigenvalue weighted by Crippen LogP contribution is 2.32. The fourth-order valence-electron chi connectivity index (χ4n) is 3.94. The number of nitro groups is 1. The second-order valence-corrected chi connectivity index (χ2v) is 9.71. The minimum absolute atomic E-state index is 0.0321. The molecule has 1 N–H and O–H groups in total. The van der Waals surface area contributed by atoms with Gasteiger partial charge in [-0.3, -0.25) is 19.7 Å². The van der Waals surface area contributed by atoms with Crippen molar-refractivity contribution in [3.63, 3.8) is 0 Å². The van der Waals surface area contributed by atoms with Crippen LogP contribution in [0.4, 0.5) is 5.69 Å². The molecule has 0 spiro atoms. The van der Waals surface area contributed by atoms with Crippen molar-refractivity contribution in [2.75, 3.05) is 12.9 Å². The van der Waals surface area contributed by atoms with Crippen molar-refractivity contribution in [1.82, 2.24) is 10.2 Å². The molecule has 1 aliphatic rings. The molecule has 1 saturated heterocycles. The van der Waals surface area contributed by atoms with Gasteiger partial charge in [0.2, 0.25) is 11.8 Å². The van der Waals surface area contributed by atoms with Crippen molar-refractivity contribution in [2.45, 2.75) is 50.9 Å². The first-order valence-corrected chi connectivity index (χ1v) is 11.9. The molecule has 0 radical (unpaired) electrons. The summed E-state index contributed by atoms with van der Waals surface area (Å²) in [6.07, 6.45) is 0.0321. The molecule has 1 heterocycles. The van der Waals surface area contributed by atoms with Crippen molar-refractivity contribution in [3.05, 3.63) is 69.8 Å². The molecule has 1 aliphatic heterocycles. The van der Waals surface area contributed by atoms with Gasteiger partial charge in [0.15, 0.2) is 6.04 Å². The van der Waals surface area contributed by atoms with Crippen LogP contribution >= 0.6 is 12.6 Å². The van der Waals surface area contributed by atoms with E-state index in [2.05, 4.69) is 17.9 Å². The van der Waals surface area contributed by atoms with Crippen LogP contribution in [0.5, 0.6) is 5.75 Å². The number of hydrogen-bond acceptors (Lipinski definition) is 8. The first kappa shape index (κ1) is 27.0. The van der Waals surface area contributed by atoms with Crippen LogP contribution in [0.25, 0.3) is 0 Å². The second-order valence-electron chi connectivity index (χ2n) is 9.34. The van der Waals surface area contributed by atoms with E-state index in [0.29, 0.717) is 16.9 Å². The van der Waals surface area contributed by atoms with Crippen LogP contribution in [0.2, 0.25) is 0 Å². The molecule has 0 aliphatic carbocycles. The van der Waals surface area contributed by atoms with E-state index in [1.165, 1.54) is 36.3 Å². The number of nitro benzene ring substituents is 1. The fraction of sp³-hybridized carbons (Fsp3) is 0.400. The van der Waals surface area contributed by atoms with Crippen molar-refractivity contribution < 1.29 is 28.8 Å². The van der Waals surface area contributed by atoms with Crippen LogP contribution in [-0.4, -0.2) is 58.2 Å². The highest BCUT2D eigenvalue weighted by Gasteiger charge is 2.47. The van der Waals surface area contributed by atoms with E-state index < -0.39 is 46.4 Å². The Morgan fingerprint density at radius 2 is 1.75 bits per heavy atom. The number of nitrogens with one attached hydrogen (secondary N) is 1. The van der Waals surface area contributed by atoms with Crippen molar-refractivity contribution in [1.29, 1.82) is 0 Å². The molecule has 1 fully saturated rings. The zero-order valence-electron chi connectivity index (χ0n) is 20.5. The first-order valence-electron chi connectivity index (χ1n) is 11.3. The van der Waals surface area contributed by atoms with E-state index in [1.807, 2.05) is 0 Å². The van der Waals surface area contributed by atoms with Crippen molar-refractivity contribution in [2.24, 2.45) is 0 Å². The molecule has 11 heteroatoms. The molecule has 10 nitrogen and oxygen atoms in total. The van der Waals surface area contributed by atoms with Gasteiger partial charge < -0.3 is 19.7 Å². The normalized spacial score (nSPS) is 18.9. The Balaban J connectivity index is 2.09. The number of piperazine rings is 1. The van der Waals surface area contributed by atoms with Crippen LogP contribution in [-0.2, 0) is 25.5 Å². The topological polar surface area (TPSA) is 128 Å². The lowest BCUT2D eigenvalue weighted by Gasteiger charge is -2.43. The van der Waals surface area contributed by atoms with Crippen LogP contribution < -0.4 is 10.1 Å². The maximum atomic E-state index is 13.6. The second kappa shape index (κ2) is 11.0. The van der Waals surface area contributed by atoms with Crippen LogP contribution in [0.15, 0.2) is 48.5 Å². The van der Waals surface area contributed by atoms with Gasteiger partial charge in [-0.15, -0.1) is 0 Å². The van der Waals surface area contributed by atoms with Crippen LogP contribution in [0.3, 0.4) is 0 Å². The summed E-state index contributed by atoms with van der Waals surface area (Å²) in [5.74, 6) is -1.05. The Morgan fingerprint density at radius 3 is 2.25 bits per heavy atom. The molecule has 3 rings (SSSR count). The van der Waals surface area contributed by atoms with Crippen molar-refractivity contribution >= 4 is 36.1 Å². The molecule has 192 valence electrons. The molecular formula is C25H29N3O7S. The third-order valence-electron chi connectivity index (χ3n) is 5.61. The largest absolute Gasteiger partial charge is 0.497 e. The van der Waals surface area contributed by atoms with Crippen LogP contribution in [0.1, 0.15) is 37.9 Å². The minimum Gasteiger partial charge on any atom is -0.497 e. The predicted molar refractivity (Wildman–Crippen MR) is 135 cm³/mol. The third-order valence-corrected chi connectivity index (χ3v) is 5.97. The molecule has 0 saturated carbocycles. The molecule has 0 bridgehead atoms. The summed E-state index contributed by atoms with van der Waals surface area (Å²) in [5, 5.41) is 13.7. The molecule has 3 atom stereocenters. The smallest absolute Gasteiger partial charge is 0.334 e. The van der Waals surface area contributed by atoms with E-state index in [1.54, 1.807) is 45.0 Å². The lowest BCUT2D eigenvalue weighted by Crippen LogP contribution is -2.66. The van der Waals surface area contributed by atoms with Gasteiger partial charge in [0.25, 0.3) is 5.69 Å². The summed E-state index contributed by atoms with van der Waals surface area (Å²) >= 11 is 4.21. The number of ether oxygens (including phenoxy) is 2. The molecule has 2 aromatic rings. The molecule has 0 aromatic heterocycles. The van der Waals surface area contributed by atoms with Gasteiger partial charge in [-0.05, 0) is 44.0 Å². The van der Waals surface area contributed by atoms with Gasteiger partial charge in [0.1, 0.15) is 23.4 Å². The summed E-state index contributed by atoms with van der Waals surface area (Å²) in [5.41, 5.74) is 0.0831. The Kier molecular flexibility index (Phi) is 8.24. The Morgan fingerprint density at radius 1 is 1.14 bits per heavy atom. The number of thiol groups is 1.